The summed E-state index contributed by atoms with van der Waals surface area (Å²) in [5.41, 5.74) is 2.95. The van der Waals surface area contributed by atoms with E-state index in [0.717, 1.165) is 0 Å². The molecule has 68 valence electrons. The largest absolute Gasteiger partial charge is 0.307 e. The molecule has 13 heavy (non-hydrogen) atoms. The maximum atomic E-state index is 4.22. The lowest BCUT2D eigenvalue weighted by Crippen LogP contribution is -2.34. The van der Waals surface area contributed by atoms with Crippen LogP contribution in [0.2, 0.25) is 0 Å². The van der Waals surface area contributed by atoms with Gasteiger partial charge in [0.1, 0.15) is 0 Å². The highest BCUT2D eigenvalue weighted by atomic mass is 15.0. The van der Waals surface area contributed by atoms with Crippen LogP contribution in [0.4, 0.5) is 0 Å². The van der Waals surface area contributed by atoms with Gasteiger partial charge in [0.2, 0.25) is 0 Å². The second-order valence-electron chi connectivity index (χ2n) is 4.20. The van der Waals surface area contributed by atoms with E-state index in [4.69, 9.17) is 0 Å². The second kappa shape index (κ2) is 2.55. The quantitative estimate of drug-likeness (QED) is 0.650. The minimum absolute atomic E-state index is 0.610. The second-order valence-corrected chi connectivity index (χ2v) is 4.20. The third kappa shape index (κ3) is 0.953. The molecule has 0 aromatic carbocycles. The zero-order valence-corrected chi connectivity index (χ0v) is 7.83. The van der Waals surface area contributed by atoms with Crippen molar-refractivity contribution in [3.8, 4) is 0 Å². The first kappa shape index (κ1) is 7.51. The predicted octanol–water partition coefficient (Wildman–Crippen LogP) is 1.99. The van der Waals surface area contributed by atoms with Gasteiger partial charge in [0, 0.05) is 24.5 Å². The molecule has 0 spiro atoms. The monoisotopic (exact) mass is 174 g/mol. The van der Waals surface area contributed by atoms with Gasteiger partial charge in [-0.1, -0.05) is 6.92 Å². The first-order valence-corrected chi connectivity index (χ1v) is 5.06. The summed E-state index contributed by atoms with van der Waals surface area (Å²) >= 11 is 0. The van der Waals surface area contributed by atoms with Crippen LogP contribution in [0.3, 0.4) is 0 Å². The molecule has 2 bridgehead atoms. The molecule has 0 saturated carbocycles. The normalized spacial score (nSPS) is 35.9. The summed E-state index contributed by atoms with van der Waals surface area (Å²) in [7, 11) is 0. The van der Waals surface area contributed by atoms with E-state index in [2.05, 4.69) is 23.3 Å². The lowest BCUT2D eigenvalue weighted by Gasteiger charge is -2.29. The molecule has 2 nitrogen and oxygen atoms in total. The molecule has 3 atom stereocenters. The molecule has 1 aromatic rings. The molecular formula is C11H14N2. The van der Waals surface area contributed by atoms with Crippen LogP contribution in [0.25, 0.3) is 0 Å². The Hall–Kier alpha value is -0.890. The minimum Gasteiger partial charge on any atom is -0.307 e. The highest BCUT2D eigenvalue weighted by Crippen LogP contribution is 2.41. The average molecular weight is 174 g/mol. The Kier molecular flexibility index (Phi) is 1.47. The number of fused-ring (bicyclic) bond motifs is 4. The van der Waals surface area contributed by atoms with Gasteiger partial charge >= 0.3 is 0 Å². The van der Waals surface area contributed by atoms with E-state index in [9.17, 15) is 0 Å². The van der Waals surface area contributed by atoms with Crippen molar-refractivity contribution >= 4 is 0 Å². The van der Waals surface area contributed by atoms with Crippen LogP contribution in [-0.2, 0) is 0 Å². The summed E-state index contributed by atoms with van der Waals surface area (Å²) < 4.78 is 0. The van der Waals surface area contributed by atoms with Gasteiger partial charge in [0.05, 0.1) is 0 Å². The molecule has 0 amide bonds. The molecule has 0 radical (unpaired) electrons. The standard InChI is InChI=1S/C11H14N2/c1-7-9-6-12-5-4-8(9)11-3-2-10(7)13-11/h4-7,10-11,13H,2-3H2,1H3/t7-,10-,11+/m0/s1. The Labute approximate surface area is 78.4 Å². The fourth-order valence-electron chi connectivity index (χ4n) is 2.74. The molecule has 2 aliphatic rings. The van der Waals surface area contributed by atoms with Gasteiger partial charge in [-0.25, -0.2) is 0 Å². The fraction of sp³-hybridized carbons (Fsp3) is 0.545. The highest BCUT2D eigenvalue weighted by molar-refractivity contribution is 5.35. The van der Waals surface area contributed by atoms with E-state index in [1.54, 1.807) is 0 Å². The molecule has 1 aromatic heterocycles. The van der Waals surface area contributed by atoms with Crippen LogP contribution in [0.15, 0.2) is 18.5 Å². The Bertz CT molecular complexity index is 320. The van der Waals surface area contributed by atoms with Crippen molar-refractivity contribution in [2.45, 2.75) is 37.8 Å². The fourth-order valence-corrected chi connectivity index (χ4v) is 2.74. The average Bonchev–Trinajstić information content (AvgIpc) is 2.61. The summed E-state index contributed by atoms with van der Waals surface area (Å²) in [5, 5.41) is 3.67. The maximum absolute atomic E-state index is 4.22. The third-order valence-electron chi connectivity index (χ3n) is 3.54. The Morgan fingerprint density at radius 3 is 3.23 bits per heavy atom. The first-order chi connectivity index (χ1) is 6.36. The van der Waals surface area contributed by atoms with Gasteiger partial charge < -0.3 is 5.32 Å². The van der Waals surface area contributed by atoms with Crippen LogP contribution >= 0.6 is 0 Å². The van der Waals surface area contributed by atoms with Gasteiger partial charge in [0.15, 0.2) is 0 Å². The van der Waals surface area contributed by atoms with Crippen LogP contribution < -0.4 is 5.32 Å². The summed E-state index contributed by atoms with van der Waals surface area (Å²) in [6.45, 7) is 2.31. The van der Waals surface area contributed by atoms with Crippen LogP contribution in [-0.4, -0.2) is 11.0 Å². The van der Waals surface area contributed by atoms with Gasteiger partial charge in [-0.15, -0.1) is 0 Å². The van der Waals surface area contributed by atoms with Crippen molar-refractivity contribution in [1.82, 2.24) is 10.3 Å². The summed E-state index contributed by atoms with van der Waals surface area (Å²) in [6, 6.07) is 3.48. The van der Waals surface area contributed by atoms with Crippen LogP contribution in [0.5, 0.6) is 0 Å². The number of aromatic nitrogens is 1. The number of rotatable bonds is 0. The number of nitrogens with zero attached hydrogens (tertiary/aromatic N) is 1. The molecule has 3 rings (SSSR count). The molecule has 0 aliphatic carbocycles. The van der Waals surface area contributed by atoms with Crippen molar-refractivity contribution in [2.24, 2.45) is 0 Å². The molecule has 1 fully saturated rings. The van der Waals surface area contributed by atoms with Gasteiger partial charge in [-0.2, -0.15) is 0 Å². The molecule has 3 heterocycles. The van der Waals surface area contributed by atoms with Crippen LogP contribution in [0, 0.1) is 0 Å². The molecule has 1 saturated heterocycles. The summed E-state index contributed by atoms with van der Waals surface area (Å²) in [6.07, 6.45) is 6.57. The first-order valence-electron chi connectivity index (χ1n) is 5.06. The number of hydrogen-bond acceptors (Lipinski definition) is 2. The topological polar surface area (TPSA) is 24.9 Å². The van der Waals surface area contributed by atoms with Crippen molar-refractivity contribution < 1.29 is 0 Å². The lowest BCUT2D eigenvalue weighted by molar-refractivity contribution is 0.453. The Morgan fingerprint density at radius 2 is 2.31 bits per heavy atom. The predicted molar refractivity (Wildman–Crippen MR) is 51.6 cm³/mol. The van der Waals surface area contributed by atoms with Crippen LogP contribution in [0.1, 0.15) is 42.9 Å². The van der Waals surface area contributed by atoms with Gasteiger partial charge in [-0.05, 0) is 36.0 Å². The molecule has 0 unspecified atom stereocenters. The smallest absolute Gasteiger partial charge is 0.0327 e. The van der Waals surface area contributed by atoms with Crippen molar-refractivity contribution in [1.29, 1.82) is 0 Å². The zero-order valence-electron chi connectivity index (χ0n) is 7.83. The molecule has 2 heteroatoms. The number of pyridine rings is 1. The summed E-state index contributed by atoms with van der Waals surface area (Å²) in [5.74, 6) is 0.641. The van der Waals surface area contributed by atoms with E-state index in [1.807, 2.05) is 12.4 Å². The van der Waals surface area contributed by atoms with Crippen molar-refractivity contribution in [3.05, 3.63) is 29.6 Å². The lowest BCUT2D eigenvalue weighted by atomic mass is 9.88. The van der Waals surface area contributed by atoms with E-state index < -0.39 is 0 Å². The Morgan fingerprint density at radius 1 is 1.38 bits per heavy atom. The molecule has 1 N–H and O–H groups in total. The Balaban J connectivity index is 2.16. The third-order valence-corrected chi connectivity index (χ3v) is 3.54. The molecular weight excluding hydrogens is 160 g/mol. The van der Waals surface area contributed by atoms with E-state index in [-0.39, 0.29) is 0 Å². The number of nitrogens with one attached hydrogen (secondary N) is 1. The van der Waals surface area contributed by atoms with E-state index in [0.29, 0.717) is 18.0 Å². The van der Waals surface area contributed by atoms with E-state index in [1.165, 1.54) is 24.0 Å². The van der Waals surface area contributed by atoms with Crippen molar-refractivity contribution in [2.75, 3.05) is 0 Å². The maximum Gasteiger partial charge on any atom is 0.0327 e. The zero-order chi connectivity index (χ0) is 8.84. The molecule has 2 aliphatic heterocycles. The van der Waals surface area contributed by atoms with Crippen molar-refractivity contribution in [3.63, 3.8) is 0 Å². The van der Waals surface area contributed by atoms with Gasteiger partial charge in [0.25, 0.3) is 0 Å². The SMILES string of the molecule is C[C@H]1c2cnccc2[C@H]2CC[C@@H]1N2. The van der Waals surface area contributed by atoms with E-state index >= 15 is 0 Å². The van der Waals surface area contributed by atoms with Gasteiger partial charge in [-0.3, -0.25) is 4.98 Å². The highest BCUT2D eigenvalue weighted by Gasteiger charge is 2.36. The minimum atomic E-state index is 0.610. The number of hydrogen-bond donors (Lipinski definition) is 1. The summed E-state index contributed by atoms with van der Waals surface area (Å²) in [4.78, 5) is 4.22.